The van der Waals surface area contributed by atoms with Crippen LogP contribution in [-0.2, 0) is 16.8 Å². The Bertz CT molecular complexity index is 567. The average molecular weight is 240 g/mol. The Kier molecular flexibility index (Phi) is 2.54. The van der Waals surface area contributed by atoms with Gasteiger partial charge >= 0.3 is 0 Å². The molecule has 3 rings (SSSR count). The summed E-state index contributed by atoms with van der Waals surface area (Å²) in [4.78, 5) is 11.7. The standard InChI is InChI=1S/C15H16N2O/c1-12(18)15(7-8-15)14-9-16-17(11-14)10-13-5-3-2-4-6-13/h2-6,9,11H,7-8,10H2,1H3. The van der Waals surface area contributed by atoms with E-state index in [2.05, 4.69) is 17.2 Å². The van der Waals surface area contributed by atoms with Gasteiger partial charge in [0.1, 0.15) is 5.78 Å². The summed E-state index contributed by atoms with van der Waals surface area (Å²) in [7, 11) is 0. The van der Waals surface area contributed by atoms with E-state index in [1.54, 1.807) is 6.92 Å². The van der Waals surface area contributed by atoms with Crippen LogP contribution in [0.5, 0.6) is 0 Å². The van der Waals surface area contributed by atoms with Crippen molar-refractivity contribution in [3.63, 3.8) is 0 Å². The fourth-order valence-electron chi connectivity index (χ4n) is 2.44. The van der Waals surface area contributed by atoms with Gasteiger partial charge in [-0.15, -0.1) is 0 Å². The lowest BCUT2D eigenvalue weighted by molar-refractivity contribution is -0.119. The molecule has 0 amide bonds. The maximum Gasteiger partial charge on any atom is 0.140 e. The van der Waals surface area contributed by atoms with Crippen LogP contribution in [0.3, 0.4) is 0 Å². The highest BCUT2D eigenvalue weighted by atomic mass is 16.1. The van der Waals surface area contributed by atoms with Gasteiger partial charge in [0.2, 0.25) is 0 Å². The van der Waals surface area contributed by atoms with Gasteiger partial charge in [0.05, 0.1) is 18.2 Å². The highest BCUT2D eigenvalue weighted by Crippen LogP contribution is 2.48. The lowest BCUT2D eigenvalue weighted by atomic mass is 9.95. The van der Waals surface area contributed by atoms with Gasteiger partial charge in [0.15, 0.2) is 0 Å². The van der Waals surface area contributed by atoms with E-state index < -0.39 is 0 Å². The maximum absolute atomic E-state index is 11.7. The van der Waals surface area contributed by atoms with Gasteiger partial charge in [-0.3, -0.25) is 9.48 Å². The molecule has 1 aliphatic carbocycles. The zero-order valence-electron chi connectivity index (χ0n) is 10.5. The first-order valence-corrected chi connectivity index (χ1v) is 6.29. The Hall–Kier alpha value is -1.90. The molecule has 18 heavy (non-hydrogen) atoms. The zero-order valence-corrected chi connectivity index (χ0v) is 10.5. The number of nitrogens with zero attached hydrogens (tertiary/aromatic N) is 2. The number of Topliss-reactive ketones (excluding diaryl/α,β-unsaturated/α-hetero) is 1. The first-order chi connectivity index (χ1) is 8.71. The molecule has 0 aliphatic heterocycles. The second kappa shape index (κ2) is 4.09. The maximum atomic E-state index is 11.7. The van der Waals surface area contributed by atoms with E-state index in [1.165, 1.54) is 5.56 Å². The third-order valence-corrected chi connectivity index (χ3v) is 3.80. The fourth-order valence-corrected chi connectivity index (χ4v) is 2.44. The summed E-state index contributed by atoms with van der Waals surface area (Å²) in [6.07, 6.45) is 5.80. The Morgan fingerprint density at radius 3 is 2.67 bits per heavy atom. The molecule has 0 spiro atoms. The molecule has 0 radical (unpaired) electrons. The summed E-state index contributed by atoms with van der Waals surface area (Å²) in [5.74, 6) is 0.266. The number of hydrogen-bond donors (Lipinski definition) is 0. The molecule has 0 bridgehead atoms. The summed E-state index contributed by atoms with van der Waals surface area (Å²) in [6, 6.07) is 10.2. The molecule has 1 aromatic carbocycles. The van der Waals surface area contributed by atoms with Crippen LogP contribution in [0.15, 0.2) is 42.7 Å². The fraction of sp³-hybridized carbons (Fsp3) is 0.333. The first-order valence-electron chi connectivity index (χ1n) is 6.29. The summed E-state index contributed by atoms with van der Waals surface area (Å²) >= 11 is 0. The smallest absolute Gasteiger partial charge is 0.140 e. The monoisotopic (exact) mass is 240 g/mol. The Balaban J connectivity index is 1.81. The van der Waals surface area contributed by atoms with Crippen molar-refractivity contribution in [2.45, 2.75) is 31.7 Å². The largest absolute Gasteiger partial charge is 0.299 e. The molecule has 1 saturated carbocycles. The number of ketones is 1. The number of benzene rings is 1. The normalized spacial score (nSPS) is 16.5. The lowest BCUT2D eigenvalue weighted by Crippen LogP contribution is -2.16. The van der Waals surface area contributed by atoms with Gasteiger partial charge in [0, 0.05) is 11.8 Å². The number of hydrogen-bond acceptors (Lipinski definition) is 2. The van der Waals surface area contributed by atoms with Crippen LogP contribution in [0.4, 0.5) is 0 Å². The van der Waals surface area contributed by atoms with Crippen molar-refractivity contribution in [3.05, 3.63) is 53.9 Å². The molecule has 1 fully saturated rings. The van der Waals surface area contributed by atoms with Crippen LogP contribution in [0.25, 0.3) is 0 Å². The third-order valence-electron chi connectivity index (χ3n) is 3.80. The van der Waals surface area contributed by atoms with Crippen LogP contribution < -0.4 is 0 Å². The Morgan fingerprint density at radius 2 is 2.06 bits per heavy atom. The lowest BCUT2D eigenvalue weighted by Gasteiger charge is -2.07. The van der Waals surface area contributed by atoms with Crippen molar-refractivity contribution < 1.29 is 4.79 Å². The van der Waals surface area contributed by atoms with E-state index in [0.717, 1.165) is 24.9 Å². The van der Waals surface area contributed by atoms with E-state index >= 15 is 0 Å². The summed E-state index contributed by atoms with van der Waals surface area (Å²) in [5.41, 5.74) is 2.08. The first kappa shape index (κ1) is 11.2. The average Bonchev–Trinajstić information content (AvgIpc) is 3.07. The quantitative estimate of drug-likeness (QED) is 0.823. The highest BCUT2D eigenvalue weighted by Gasteiger charge is 2.49. The van der Waals surface area contributed by atoms with E-state index in [9.17, 15) is 4.79 Å². The number of aromatic nitrogens is 2. The second-order valence-corrected chi connectivity index (χ2v) is 5.05. The number of carbonyl (C=O) groups excluding carboxylic acids is 1. The molecule has 92 valence electrons. The molecule has 0 N–H and O–H groups in total. The Labute approximate surface area is 106 Å². The van der Waals surface area contributed by atoms with Crippen LogP contribution in [0.1, 0.15) is 30.9 Å². The van der Waals surface area contributed by atoms with Crippen LogP contribution in [0, 0.1) is 0 Å². The minimum atomic E-state index is -0.213. The van der Waals surface area contributed by atoms with Gasteiger partial charge < -0.3 is 0 Å². The minimum absolute atomic E-state index is 0.213. The van der Waals surface area contributed by atoms with E-state index in [1.807, 2.05) is 35.3 Å². The van der Waals surface area contributed by atoms with Crippen LogP contribution in [0.2, 0.25) is 0 Å². The molecule has 3 heteroatoms. The summed E-state index contributed by atoms with van der Waals surface area (Å²) < 4.78 is 1.91. The van der Waals surface area contributed by atoms with Crippen molar-refractivity contribution in [3.8, 4) is 0 Å². The predicted molar refractivity (Wildman–Crippen MR) is 69.4 cm³/mol. The van der Waals surface area contributed by atoms with E-state index in [4.69, 9.17) is 0 Å². The molecule has 1 aromatic heterocycles. The van der Waals surface area contributed by atoms with Crippen molar-refractivity contribution >= 4 is 5.78 Å². The topological polar surface area (TPSA) is 34.9 Å². The predicted octanol–water partition coefficient (Wildman–Crippen LogP) is 2.55. The van der Waals surface area contributed by atoms with Gasteiger partial charge in [-0.1, -0.05) is 30.3 Å². The molecule has 1 heterocycles. The van der Waals surface area contributed by atoms with Gasteiger partial charge in [-0.2, -0.15) is 5.10 Å². The second-order valence-electron chi connectivity index (χ2n) is 5.05. The van der Waals surface area contributed by atoms with Crippen molar-refractivity contribution in [1.82, 2.24) is 9.78 Å². The van der Waals surface area contributed by atoms with Gasteiger partial charge in [0.25, 0.3) is 0 Å². The third kappa shape index (κ3) is 1.86. The summed E-state index contributed by atoms with van der Waals surface area (Å²) in [5, 5.41) is 4.36. The molecular weight excluding hydrogens is 224 g/mol. The molecular formula is C15H16N2O. The van der Waals surface area contributed by atoms with Crippen LogP contribution in [-0.4, -0.2) is 15.6 Å². The SMILES string of the molecule is CC(=O)C1(c2cnn(Cc3ccccc3)c2)CC1. The Morgan fingerprint density at radius 1 is 1.33 bits per heavy atom. The molecule has 0 atom stereocenters. The van der Waals surface area contributed by atoms with Crippen molar-refractivity contribution in [2.75, 3.05) is 0 Å². The number of carbonyl (C=O) groups is 1. The number of rotatable bonds is 4. The van der Waals surface area contributed by atoms with Crippen molar-refractivity contribution in [1.29, 1.82) is 0 Å². The zero-order chi connectivity index (χ0) is 12.6. The highest BCUT2D eigenvalue weighted by molar-refractivity contribution is 5.90. The summed E-state index contributed by atoms with van der Waals surface area (Å²) in [6.45, 7) is 2.44. The van der Waals surface area contributed by atoms with E-state index in [-0.39, 0.29) is 11.2 Å². The molecule has 2 aromatic rings. The van der Waals surface area contributed by atoms with E-state index in [0.29, 0.717) is 0 Å². The van der Waals surface area contributed by atoms with Crippen LogP contribution >= 0.6 is 0 Å². The van der Waals surface area contributed by atoms with Gasteiger partial charge in [-0.25, -0.2) is 0 Å². The molecule has 0 unspecified atom stereocenters. The molecule has 0 saturated heterocycles. The van der Waals surface area contributed by atoms with Gasteiger partial charge in [-0.05, 0) is 25.3 Å². The minimum Gasteiger partial charge on any atom is -0.299 e. The van der Waals surface area contributed by atoms with Crippen molar-refractivity contribution in [2.24, 2.45) is 0 Å². The molecule has 3 nitrogen and oxygen atoms in total. The molecule has 1 aliphatic rings.